The van der Waals surface area contributed by atoms with Crippen LogP contribution in [0.4, 0.5) is 17.6 Å². The summed E-state index contributed by atoms with van der Waals surface area (Å²) < 4.78 is 52.2. The van der Waals surface area contributed by atoms with E-state index in [4.69, 9.17) is 5.73 Å². The minimum absolute atomic E-state index is 0.0488. The average molecular weight is 361 g/mol. The van der Waals surface area contributed by atoms with E-state index in [0.717, 1.165) is 4.90 Å². The van der Waals surface area contributed by atoms with Gasteiger partial charge in [-0.2, -0.15) is 13.2 Å². The number of hydrogen-bond donors (Lipinski definition) is 2. The van der Waals surface area contributed by atoms with Crippen molar-refractivity contribution in [1.29, 1.82) is 0 Å². The second kappa shape index (κ2) is 7.81. The molecular formula is C16H19F4N3O2. The van der Waals surface area contributed by atoms with Gasteiger partial charge >= 0.3 is 6.18 Å². The largest absolute Gasteiger partial charge is 0.404 e. The second-order valence-electron chi connectivity index (χ2n) is 6.07. The summed E-state index contributed by atoms with van der Waals surface area (Å²) in [6.07, 6.45) is -4.71. The van der Waals surface area contributed by atoms with Gasteiger partial charge in [0.2, 0.25) is 11.8 Å². The summed E-state index contributed by atoms with van der Waals surface area (Å²) in [5.74, 6) is -2.40. The number of rotatable bonds is 5. The monoisotopic (exact) mass is 361 g/mol. The van der Waals surface area contributed by atoms with Crippen LogP contribution in [0.15, 0.2) is 24.3 Å². The third-order valence-corrected chi connectivity index (χ3v) is 4.21. The molecule has 25 heavy (non-hydrogen) atoms. The third kappa shape index (κ3) is 5.42. The van der Waals surface area contributed by atoms with Gasteiger partial charge in [-0.15, -0.1) is 0 Å². The van der Waals surface area contributed by atoms with Gasteiger partial charge in [0.1, 0.15) is 11.9 Å². The van der Waals surface area contributed by atoms with Crippen LogP contribution in [0.2, 0.25) is 0 Å². The van der Waals surface area contributed by atoms with Crippen molar-refractivity contribution in [3.63, 3.8) is 0 Å². The maximum absolute atomic E-state index is 13.1. The zero-order chi connectivity index (χ0) is 18.6. The van der Waals surface area contributed by atoms with E-state index in [1.807, 2.05) is 0 Å². The molecule has 0 radical (unpaired) electrons. The van der Waals surface area contributed by atoms with Gasteiger partial charge in [0.15, 0.2) is 0 Å². The van der Waals surface area contributed by atoms with E-state index >= 15 is 0 Å². The Morgan fingerprint density at radius 3 is 2.40 bits per heavy atom. The predicted octanol–water partition coefficient (Wildman–Crippen LogP) is 1.57. The molecule has 138 valence electrons. The normalized spacial score (nSPS) is 21.8. The Balaban J connectivity index is 1.96. The van der Waals surface area contributed by atoms with Crippen LogP contribution in [-0.2, 0) is 16.1 Å². The van der Waals surface area contributed by atoms with E-state index in [1.54, 1.807) is 0 Å². The average Bonchev–Trinajstić information content (AvgIpc) is 2.53. The van der Waals surface area contributed by atoms with E-state index in [-0.39, 0.29) is 25.9 Å². The first-order valence-corrected chi connectivity index (χ1v) is 7.78. The van der Waals surface area contributed by atoms with Crippen molar-refractivity contribution in [2.75, 3.05) is 13.1 Å². The molecule has 9 heteroatoms. The second-order valence-corrected chi connectivity index (χ2v) is 6.07. The van der Waals surface area contributed by atoms with Crippen LogP contribution in [-0.4, -0.2) is 42.0 Å². The number of likely N-dealkylation sites (tertiary alicyclic amines) is 1. The van der Waals surface area contributed by atoms with Crippen LogP contribution in [0.5, 0.6) is 0 Å². The quantitative estimate of drug-likeness (QED) is 0.782. The summed E-state index contributed by atoms with van der Waals surface area (Å²) in [7, 11) is 0. The molecule has 0 aliphatic carbocycles. The fraction of sp³-hybridized carbons (Fsp3) is 0.500. The Kier molecular flexibility index (Phi) is 5.99. The van der Waals surface area contributed by atoms with Gasteiger partial charge in [-0.05, 0) is 30.5 Å². The number of amides is 2. The Morgan fingerprint density at radius 2 is 1.84 bits per heavy atom. The molecule has 0 bridgehead atoms. The van der Waals surface area contributed by atoms with E-state index in [1.165, 1.54) is 24.3 Å². The molecule has 0 saturated carbocycles. The zero-order valence-corrected chi connectivity index (χ0v) is 13.4. The van der Waals surface area contributed by atoms with Crippen molar-refractivity contribution in [1.82, 2.24) is 10.2 Å². The highest BCUT2D eigenvalue weighted by Crippen LogP contribution is 2.33. The van der Waals surface area contributed by atoms with Crippen LogP contribution in [0.3, 0.4) is 0 Å². The number of primary amides is 1. The number of carbonyl (C=O) groups excluding carboxylic acids is 2. The fourth-order valence-corrected chi connectivity index (χ4v) is 2.86. The Bertz CT molecular complexity index is 619. The van der Waals surface area contributed by atoms with E-state index in [2.05, 4.69) is 5.32 Å². The minimum Gasteiger partial charge on any atom is -0.369 e. The highest BCUT2D eigenvalue weighted by Gasteiger charge is 2.47. The Morgan fingerprint density at radius 1 is 1.20 bits per heavy atom. The molecule has 0 aromatic heterocycles. The lowest BCUT2D eigenvalue weighted by Gasteiger charge is -2.39. The number of hydrogen-bond acceptors (Lipinski definition) is 3. The zero-order valence-electron chi connectivity index (χ0n) is 13.4. The summed E-state index contributed by atoms with van der Waals surface area (Å²) in [6.45, 7) is -0.623. The number of halogens is 4. The maximum Gasteiger partial charge on any atom is 0.404 e. The van der Waals surface area contributed by atoms with E-state index in [9.17, 15) is 27.2 Å². The Hall–Kier alpha value is -2.16. The van der Waals surface area contributed by atoms with Crippen molar-refractivity contribution < 1.29 is 27.2 Å². The number of nitrogens with one attached hydrogen (secondary N) is 1. The molecule has 1 aromatic rings. The molecule has 1 aliphatic heterocycles. The highest BCUT2D eigenvalue weighted by molar-refractivity contribution is 5.79. The van der Waals surface area contributed by atoms with Gasteiger partial charge in [0.25, 0.3) is 0 Å². The van der Waals surface area contributed by atoms with E-state index in [0.29, 0.717) is 5.56 Å². The Labute approximate surface area is 142 Å². The van der Waals surface area contributed by atoms with Gasteiger partial charge in [0, 0.05) is 13.1 Å². The fourth-order valence-electron chi connectivity index (χ4n) is 2.86. The molecule has 5 nitrogen and oxygen atoms in total. The molecule has 1 fully saturated rings. The van der Waals surface area contributed by atoms with Crippen molar-refractivity contribution in [3.05, 3.63) is 35.6 Å². The summed E-state index contributed by atoms with van der Waals surface area (Å²) in [4.78, 5) is 24.2. The molecule has 1 aliphatic rings. The van der Waals surface area contributed by atoms with Crippen LogP contribution in [0.1, 0.15) is 18.4 Å². The molecule has 1 aromatic carbocycles. The van der Waals surface area contributed by atoms with Gasteiger partial charge in [0.05, 0.1) is 12.5 Å². The summed E-state index contributed by atoms with van der Waals surface area (Å²) >= 11 is 0. The number of nitrogens with zero attached hydrogens (tertiary/aromatic N) is 1. The molecule has 1 heterocycles. The van der Waals surface area contributed by atoms with Crippen LogP contribution in [0.25, 0.3) is 0 Å². The summed E-state index contributed by atoms with van der Waals surface area (Å²) in [6, 6.07) is 3.61. The topological polar surface area (TPSA) is 75.4 Å². The first-order chi connectivity index (χ1) is 11.7. The van der Waals surface area contributed by atoms with Crippen LogP contribution < -0.4 is 11.1 Å². The molecule has 1 saturated heterocycles. The number of nitrogens with two attached hydrogens (primary N) is 1. The van der Waals surface area contributed by atoms with Crippen molar-refractivity contribution in [2.24, 2.45) is 11.7 Å². The molecule has 2 rings (SSSR count). The lowest BCUT2D eigenvalue weighted by Crippen LogP contribution is -2.55. The van der Waals surface area contributed by atoms with Gasteiger partial charge in [-0.1, -0.05) is 12.1 Å². The highest BCUT2D eigenvalue weighted by atomic mass is 19.4. The molecule has 0 spiro atoms. The van der Waals surface area contributed by atoms with Gasteiger partial charge in [-0.25, -0.2) is 4.39 Å². The number of alkyl halides is 3. The van der Waals surface area contributed by atoms with Crippen molar-refractivity contribution in [3.8, 4) is 0 Å². The first-order valence-electron chi connectivity index (χ1n) is 7.78. The number of carbonyl (C=O) groups is 2. The smallest absolute Gasteiger partial charge is 0.369 e. The number of benzene rings is 1. The molecular weight excluding hydrogens is 342 g/mol. The van der Waals surface area contributed by atoms with Gasteiger partial charge in [-0.3, -0.25) is 14.5 Å². The van der Waals surface area contributed by atoms with Crippen LogP contribution >= 0.6 is 0 Å². The summed E-state index contributed by atoms with van der Waals surface area (Å²) in [5.41, 5.74) is 5.80. The molecule has 0 unspecified atom stereocenters. The van der Waals surface area contributed by atoms with Crippen molar-refractivity contribution >= 4 is 11.8 Å². The maximum atomic E-state index is 13.1. The van der Waals surface area contributed by atoms with Gasteiger partial charge < -0.3 is 11.1 Å². The first kappa shape index (κ1) is 19.2. The standard InChI is InChI=1S/C16H19F4N3O2/c17-12-4-1-10(2-5-12)7-22-14(24)9-23-8-11(15(21)25)3-6-13(23)16(18,19)20/h1-2,4-5,11,13H,3,6-9H2,(H2,21,25)(H,22,24)/t11-,13+/m1/s1. The molecule has 2 amide bonds. The third-order valence-electron chi connectivity index (χ3n) is 4.21. The van der Waals surface area contributed by atoms with Crippen LogP contribution in [0, 0.1) is 11.7 Å². The number of piperidine rings is 1. The van der Waals surface area contributed by atoms with E-state index < -0.39 is 42.3 Å². The minimum atomic E-state index is -4.49. The molecule has 2 atom stereocenters. The van der Waals surface area contributed by atoms with Crippen molar-refractivity contribution in [2.45, 2.75) is 31.6 Å². The molecule has 3 N–H and O–H groups in total. The summed E-state index contributed by atoms with van der Waals surface area (Å²) in [5, 5.41) is 2.50. The lowest BCUT2D eigenvalue weighted by atomic mass is 9.92. The predicted molar refractivity (Wildman–Crippen MR) is 81.6 cm³/mol. The lowest BCUT2D eigenvalue weighted by molar-refractivity contribution is -0.195. The SMILES string of the molecule is NC(=O)[C@@H]1CC[C@@H](C(F)(F)F)N(CC(=O)NCc2ccc(F)cc2)C1.